The van der Waals surface area contributed by atoms with E-state index in [0.29, 0.717) is 0 Å². The van der Waals surface area contributed by atoms with Crippen LogP contribution in [0, 0.1) is 0 Å². The molecule has 56 heavy (non-hydrogen) atoms. The Bertz CT molecular complexity index is 3140. The molecule has 0 fully saturated rings. The second-order valence-corrected chi connectivity index (χ2v) is 15.2. The van der Waals surface area contributed by atoms with Crippen LogP contribution in [0.1, 0.15) is 22.9 Å². The molecule has 0 bridgehead atoms. The van der Waals surface area contributed by atoms with E-state index in [9.17, 15) is 0 Å². The van der Waals surface area contributed by atoms with Crippen LogP contribution in [0.4, 0.5) is 0 Å². The lowest BCUT2D eigenvalue weighted by Crippen LogP contribution is -2.36. The first-order valence-electron chi connectivity index (χ1n) is 18.8. The molecular weight excluding hydrogens is 703 g/mol. The molecule has 1 atom stereocenters. The number of hydrogen-bond donors (Lipinski definition) is 1. The number of nitrogens with one attached hydrogen (secondary N) is 1. The second kappa shape index (κ2) is 13.3. The molecule has 4 nitrogen and oxygen atoms in total. The van der Waals surface area contributed by atoms with Gasteiger partial charge in [0.2, 0.25) is 0 Å². The molecule has 1 N–H and O–H groups in total. The Morgan fingerprint density at radius 3 is 1.73 bits per heavy atom. The largest absolute Gasteiger partial charge is 0.455 e. The highest BCUT2D eigenvalue weighted by Gasteiger charge is 2.24. The molecule has 0 aliphatic carbocycles. The number of hydrogen-bond acceptors (Lipinski definition) is 5. The van der Waals surface area contributed by atoms with E-state index in [0.717, 1.165) is 55.9 Å². The number of furan rings is 1. The standard InChI is InChI=1S/C51H33N3OS/c1-3-11-32(12-4-1)33-21-23-34(24-22-33)35-25-27-37(28-26-35)49-52-50(54-51(53-49)44-19-10-17-42-40-15-7-8-20-45(40)55-47(42)44)38-29-30-41-43-18-9-16-39(36-13-5-2-6-14-36)48(43)56-46(41)31-38/h1-31,50H,(H,52,53,54). The van der Waals surface area contributed by atoms with E-state index in [2.05, 4.69) is 175 Å². The molecule has 1 unspecified atom stereocenters. The van der Waals surface area contributed by atoms with E-state index in [1.165, 1.54) is 48.0 Å². The summed E-state index contributed by atoms with van der Waals surface area (Å²) >= 11 is 1.83. The first-order valence-corrected chi connectivity index (χ1v) is 19.7. The fourth-order valence-electron chi connectivity index (χ4n) is 7.94. The van der Waals surface area contributed by atoms with Crippen molar-refractivity contribution in [2.75, 3.05) is 0 Å². The lowest BCUT2D eigenvalue weighted by atomic mass is 9.99. The van der Waals surface area contributed by atoms with Gasteiger partial charge in [0.1, 0.15) is 22.8 Å². The van der Waals surface area contributed by atoms with Gasteiger partial charge in [-0.25, -0.2) is 9.98 Å². The van der Waals surface area contributed by atoms with Crippen LogP contribution in [0.5, 0.6) is 0 Å². The number of rotatable bonds is 6. The molecule has 8 aromatic carbocycles. The molecule has 0 amide bonds. The molecule has 10 aromatic rings. The molecule has 0 saturated heterocycles. The van der Waals surface area contributed by atoms with E-state index >= 15 is 0 Å². The maximum absolute atomic E-state index is 6.50. The number of para-hydroxylation sites is 2. The molecule has 1 aliphatic heterocycles. The first-order chi connectivity index (χ1) is 27.7. The van der Waals surface area contributed by atoms with E-state index in [1.807, 2.05) is 29.5 Å². The first kappa shape index (κ1) is 32.4. The average Bonchev–Trinajstić information content (AvgIpc) is 3.85. The van der Waals surface area contributed by atoms with Crippen LogP contribution < -0.4 is 5.32 Å². The number of thiophene rings is 1. The molecule has 0 spiro atoms. The highest BCUT2D eigenvalue weighted by Crippen LogP contribution is 2.41. The van der Waals surface area contributed by atoms with Gasteiger partial charge in [0.25, 0.3) is 0 Å². The predicted octanol–water partition coefficient (Wildman–Crippen LogP) is 13.5. The summed E-state index contributed by atoms with van der Waals surface area (Å²) < 4.78 is 9.01. The van der Waals surface area contributed by atoms with Gasteiger partial charge in [-0.1, -0.05) is 170 Å². The zero-order chi connectivity index (χ0) is 37.0. The second-order valence-electron chi connectivity index (χ2n) is 14.2. The van der Waals surface area contributed by atoms with E-state index in [-0.39, 0.29) is 0 Å². The molecule has 1 aliphatic rings. The third-order valence-electron chi connectivity index (χ3n) is 10.8. The number of amidine groups is 2. The van der Waals surface area contributed by atoms with Crippen molar-refractivity contribution in [3.63, 3.8) is 0 Å². The zero-order valence-electron chi connectivity index (χ0n) is 30.2. The maximum Gasteiger partial charge on any atom is 0.169 e. The van der Waals surface area contributed by atoms with Crippen molar-refractivity contribution >= 4 is 65.1 Å². The molecule has 11 rings (SSSR count). The number of benzene rings is 8. The van der Waals surface area contributed by atoms with Crippen molar-refractivity contribution in [1.29, 1.82) is 0 Å². The third-order valence-corrected chi connectivity index (χ3v) is 12.0. The summed E-state index contributed by atoms with van der Waals surface area (Å²) in [7, 11) is 0. The third kappa shape index (κ3) is 5.60. The van der Waals surface area contributed by atoms with Gasteiger partial charge in [-0.3, -0.25) is 0 Å². The zero-order valence-corrected chi connectivity index (χ0v) is 31.0. The summed E-state index contributed by atoms with van der Waals surface area (Å²) in [5.74, 6) is 1.50. The van der Waals surface area contributed by atoms with Crippen LogP contribution in [-0.2, 0) is 0 Å². The van der Waals surface area contributed by atoms with Crippen molar-refractivity contribution in [2.24, 2.45) is 9.98 Å². The number of fused-ring (bicyclic) bond motifs is 6. The monoisotopic (exact) mass is 735 g/mol. The highest BCUT2D eigenvalue weighted by molar-refractivity contribution is 7.26. The Morgan fingerprint density at radius 1 is 0.429 bits per heavy atom. The number of aliphatic imine (C=N–C) groups is 2. The smallest absolute Gasteiger partial charge is 0.169 e. The van der Waals surface area contributed by atoms with Gasteiger partial charge >= 0.3 is 0 Å². The van der Waals surface area contributed by atoms with Crippen LogP contribution in [0.15, 0.2) is 202 Å². The quantitative estimate of drug-likeness (QED) is 0.185. The van der Waals surface area contributed by atoms with Crippen LogP contribution in [-0.4, -0.2) is 11.7 Å². The molecular formula is C51H33N3OS. The average molecular weight is 736 g/mol. The highest BCUT2D eigenvalue weighted by atomic mass is 32.1. The summed E-state index contributed by atoms with van der Waals surface area (Å²) in [4.78, 5) is 10.6. The van der Waals surface area contributed by atoms with E-state index in [1.54, 1.807) is 0 Å². The summed E-state index contributed by atoms with van der Waals surface area (Å²) in [5.41, 5.74) is 11.8. The minimum atomic E-state index is -0.464. The maximum atomic E-state index is 6.50. The van der Waals surface area contributed by atoms with Gasteiger partial charge in [0, 0.05) is 36.5 Å². The van der Waals surface area contributed by atoms with Gasteiger partial charge in [0.15, 0.2) is 6.17 Å². The molecule has 264 valence electrons. The lowest BCUT2D eigenvalue weighted by molar-refractivity contribution is 0.667. The Labute approximate surface area is 327 Å². The van der Waals surface area contributed by atoms with Crippen LogP contribution in [0.25, 0.3) is 75.5 Å². The Morgan fingerprint density at radius 2 is 1.00 bits per heavy atom. The predicted molar refractivity (Wildman–Crippen MR) is 235 cm³/mol. The number of nitrogens with zero attached hydrogens (tertiary/aromatic N) is 2. The molecule has 2 aromatic heterocycles. The summed E-state index contributed by atoms with van der Waals surface area (Å²) in [6, 6.07) is 66.3. The van der Waals surface area contributed by atoms with Gasteiger partial charge in [-0.2, -0.15) is 0 Å². The Hall–Kier alpha value is -7.08. The Balaban J connectivity index is 1.00. The van der Waals surface area contributed by atoms with Crippen LogP contribution in [0.3, 0.4) is 0 Å². The van der Waals surface area contributed by atoms with Gasteiger partial charge in [0.05, 0.1) is 5.56 Å². The van der Waals surface area contributed by atoms with Crippen molar-refractivity contribution in [2.45, 2.75) is 6.17 Å². The molecule has 0 saturated carbocycles. The van der Waals surface area contributed by atoms with Gasteiger partial charge < -0.3 is 9.73 Å². The summed E-state index contributed by atoms with van der Waals surface area (Å²) in [6.45, 7) is 0. The van der Waals surface area contributed by atoms with Gasteiger partial charge in [-0.15, -0.1) is 11.3 Å². The van der Waals surface area contributed by atoms with Crippen LogP contribution >= 0.6 is 11.3 Å². The van der Waals surface area contributed by atoms with Crippen molar-refractivity contribution < 1.29 is 4.42 Å². The van der Waals surface area contributed by atoms with Crippen molar-refractivity contribution in [1.82, 2.24) is 5.32 Å². The summed E-state index contributed by atoms with van der Waals surface area (Å²) in [5, 5.41) is 8.29. The topological polar surface area (TPSA) is 49.9 Å². The molecule has 3 heterocycles. The normalized spacial score (nSPS) is 14.2. The molecule has 5 heteroatoms. The minimum Gasteiger partial charge on any atom is -0.455 e. The van der Waals surface area contributed by atoms with E-state index < -0.39 is 6.17 Å². The van der Waals surface area contributed by atoms with Crippen molar-refractivity contribution in [3.05, 3.63) is 205 Å². The van der Waals surface area contributed by atoms with Gasteiger partial charge in [-0.05, 0) is 57.1 Å². The molecule has 0 radical (unpaired) electrons. The van der Waals surface area contributed by atoms with Crippen molar-refractivity contribution in [3.8, 4) is 33.4 Å². The SMILES string of the molecule is c1ccc(-c2ccc(-c3ccc(C4=NC(c5ccc6c(c5)sc5c(-c7ccccc7)cccc56)N=C(c5cccc6c5oc5ccccc56)N4)cc3)cc2)cc1. The Kier molecular flexibility index (Phi) is 7.71. The fourth-order valence-corrected chi connectivity index (χ4v) is 9.23. The van der Waals surface area contributed by atoms with E-state index in [4.69, 9.17) is 14.4 Å². The lowest BCUT2D eigenvalue weighted by Gasteiger charge is -2.22. The summed E-state index contributed by atoms with van der Waals surface area (Å²) in [6.07, 6.45) is -0.464. The minimum absolute atomic E-state index is 0.464. The fraction of sp³-hybridized carbons (Fsp3) is 0.0196. The van der Waals surface area contributed by atoms with Crippen LogP contribution in [0.2, 0.25) is 0 Å².